The van der Waals surface area contributed by atoms with Crippen molar-refractivity contribution in [3.05, 3.63) is 34.9 Å². The van der Waals surface area contributed by atoms with E-state index in [2.05, 4.69) is 5.32 Å². The van der Waals surface area contributed by atoms with Crippen LogP contribution >= 0.6 is 0 Å². The summed E-state index contributed by atoms with van der Waals surface area (Å²) >= 11 is 0. The molecule has 118 valence electrons. The van der Waals surface area contributed by atoms with Gasteiger partial charge >= 0.3 is 0 Å². The van der Waals surface area contributed by atoms with E-state index in [4.69, 9.17) is 5.21 Å². The minimum Gasteiger partial charge on any atom is -0.307 e. The number of carbonyl (C=O) groups excluding carboxylic acids is 2. The second kappa shape index (κ2) is 5.82. The summed E-state index contributed by atoms with van der Waals surface area (Å²) in [7, 11) is 0. The molecule has 1 aliphatic carbocycles. The minimum absolute atomic E-state index is 0.0194. The first kappa shape index (κ1) is 15.2. The van der Waals surface area contributed by atoms with Gasteiger partial charge in [0, 0.05) is 12.0 Å². The highest BCUT2D eigenvalue weighted by atomic mass is 16.5. The first-order valence-electron chi connectivity index (χ1n) is 7.92. The smallest absolute Gasteiger partial charge is 0.274 e. The number of amides is 1. The van der Waals surface area contributed by atoms with Gasteiger partial charge in [-0.05, 0) is 60.9 Å². The van der Waals surface area contributed by atoms with E-state index in [0.29, 0.717) is 12.0 Å². The van der Waals surface area contributed by atoms with Gasteiger partial charge in [-0.15, -0.1) is 0 Å². The normalized spacial score (nSPS) is 26.7. The molecule has 2 atom stereocenters. The Morgan fingerprint density at radius 3 is 2.91 bits per heavy atom. The van der Waals surface area contributed by atoms with Gasteiger partial charge in [0.25, 0.3) is 5.91 Å². The standard InChI is InChI=1S/C17H22N2O3/c1-2-14(20)15-17(7-8-18-15)6-5-11-3-4-12(16(21)19-22)9-13(11)10-17/h3-4,9,15,18,22H,2,5-8,10H2,1H3,(H,19,21)/t15?,17-/m1/s1. The van der Waals surface area contributed by atoms with Gasteiger partial charge in [-0.3, -0.25) is 14.8 Å². The molecule has 3 N–H and O–H groups in total. The van der Waals surface area contributed by atoms with Crippen molar-refractivity contribution in [2.24, 2.45) is 5.41 Å². The first-order chi connectivity index (χ1) is 10.6. The molecule has 0 bridgehead atoms. The highest BCUT2D eigenvalue weighted by Crippen LogP contribution is 2.44. The summed E-state index contributed by atoms with van der Waals surface area (Å²) in [6.07, 6.45) is 4.32. The summed E-state index contributed by atoms with van der Waals surface area (Å²) in [4.78, 5) is 23.9. The van der Waals surface area contributed by atoms with Gasteiger partial charge in [-0.2, -0.15) is 0 Å². The number of rotatable bonds is 3. The molecule has 0 saturated carbocycles. The van der Waals surface area contributed by atoms with E-state index in [1.54, 1.807) is 11.5 Å². The maximum absolute atomic E-state index is 12.3. The second-order valence-corrected chi connectivity index (χ2v) is 6.42. The molecule has 2 aliphatic rings. The van der Waals surface area contributed by atoms with Gasteiger partial charge in [0.05, 0.1) is 6.04 Å². The lowest BCUT2D eigenvalue weighted by Gasteiger charge is -2.39. The van der Waals surface area contributed by atoms with Crippen LogP contribution in [0.5, 0.6) is 0 Å². The topological polar surface area (TPSA) is 78.4 Å². The Hall–Kier alpha value is -1.72. The fourth-order valence-electron chi connectivity index (χ4n) is 4.04. The lowest BCUT2D eigenvalue weighted by Crippen LogP contribution is -2.46. The summed E-state index contributed by atoms with van der Waals surface area (Å²) in [5.41, 5.74) is 4.50. The quantitative estimate of drug-likeness (QED) is 0.586. The maximum Gasteiger partial charge on any atom is 0.274 e. The van der Waals surface area contributed by atoms with E-state index in [1.165, 1.54) is 5.56 Å². The molecule has 3 rings (SSSR count). The van der Waals surface area contributed by atoms with Gasteiger partial charge in [0.15, 0.2) is 0 Å². The number of ketones is 1. The Morgan fingerprint density at radius 2 is 2.18 bits per heavy atom. The average Bonchev–Trinajstić information content (AvgIpc) is 2.95. The predicted octanol–water partition coefficient (Wildman–Crippen LogP) is 1.62. The predicted molar refractivity (Wildman–Crippen MR) is 81.9 cm³/mol. The molecule has 1 aromatic rings. The van der Waals surface area contributed by atoms with Crippen LogP contribution in [0.15, 0.2) is 18.2 Å². The maximum atomic E-state index is 12.3. The highest BCUT2D eigenvalue weighted by molar-refractivity contribution is 5.93. The summed E-state index contributed by atoms with van der Waals surface area (Å²) in [6.45, 7) is 2.79. The van der Waals surface area contributed by atoms with E-state index in [-0.39, 0.29) is 17.2 Å². The molecule has 1 heterocycles. The van der Waals surface area contributed by atoms with Crippen LogP contribution in [0, 0.1) is 5.41 Å². The largest absolute Gasteiger partial charge is 0.307 e. The SMILES string of the molecule is CCC(=O)C1NCC[C@@]12CCc1ccc(C(=O)NO)cc1C2. The van der Waals surface area contributed by atoms with Crippen molar-refractivity contribution in [1.82, 2.24) is 10.8 Å². The fraction of sp³-hybridized carbons (Fsp3) is 0.529. The Bertz CT molecular complexity index is 614. The second-order valence-electron chi connectivity index (χ2n) is 6.42. The van der Waals surface area contributed by atoms with Crippen LogP contribution in [-0.4, -0.2) is 29.5 Å². The van der Waals surface area contributed by atoms with E-state index < -0.39 is 5.91 Å². The number of hydroxylamine groups is 1. The number of hydrogen-bond donors (Lipinski definition) is 3. The number of carbonyl (C=O) groups is 2. The first-order valence-corrected chi connectivity index (χ1v) is 7.92. The molecule has 0 radical (unpaired) electrons. The third-order valence-electron chi connectivity index (χ3n) is 5.26. The zero-order valence-corrected chi connectivity index (χ0v) is 12.8. The van der Waals surface area contributed by atoms with Crippen molar-refractivity contribution in [3.63, 3.8) is 0 Å². The Balaban J connectivity index is 1.92. The van der Waals surface area contributed by atoms with E-state index >= 15 is 0 Å². The van der Waals surface area contributed by atoms with Gasteiger partial charge < -0.3 is 5.32 Å². The number of Topliss-reactive ketones (excluding diaryl/α,β-unsaturated/α-hetero) is 1. The number of nitrogens with one attached hydrogen (secondary N) is 2. The van der Waals surface area contributed by atoms with Crippen LogP contribution in [-0.2, 0) is 17.6 Å². The molecule has 1 spiro atoms. The lowest BCUT2D eigenvalue weighted by molar-refractivity contribution is -0.123. The van der Waals surface area contributed by atoms with Crippen molar-refractivity contribution in [3.8, 4) is 0 Å². The molecule has 1 saturated heterocycles. The van der Waals surface area contributed by atoms with E-state index in [9.17, 15) is 9.59 Å². The molecule has 1 amide bonds. The van der Waals surface area contributed by atoms with E-state index in [1.807, 2.05) is 19.1 Å². The van der Waals surface area contributed by atoms with Crippen molar-refractivity contribution in [2.75, 3.05) is 6.54 Å². The summed E-state index contributed by atoms with van der Waals surface area (Å²) in [5, 5.41) is 12.2. The fourth-order valence-corrected chi connectivity index (χ4v) is 4.04. The summed E-state index contributed by atoms with van der Waals surface area (Å²) in [5.74, 6) is -0.210. The van der Waals surface area contributed by atoms with Gasteiger partial charge in [0.1, 0.15) is 5.78 Å². The van der Waals surface area contributed by atoms with Crippen LogP contribution in [0.1, 0.15) is 47.7 Å². The molecule has 22 heavy (non-hydrogen) atoms. The zero-order chi connectivity index (χ0) is 15.7. The molecular formula is C17H22N2O3. The number of hydrogen-bond acceptors (Lipinski definition) is 4. The lowest BCUT2D eigenvalue weighted by atomic mass is 9.66. The summed E-state index contributed by atoms with van der Waals surface area (Å²) < 4.78 is 0. The van der Waals surface area contributed by atoms with Gasteiger partial charge in [-0.1, -0.05) is 13.0 Å². The van der Waals surface area contributed by atoms with Crippen LogP contribution in [0.4, 0.5) is 0 Å². The van der Waals surface area contributed by atoms with Gasteiger partial charge in [-0.25, -0.2) is 5.48 Å². The van der Waals surface area contributed by atoms with Crippen molar-refractivity contribution < 1.29 is 14.8 Å². The Labute approximate surface area is 130 Å². The average molecular weight is 302 g/mol. The highest BCUT2D eigenvalue weighted by Gasteiger charge is 2.47. The molecule has 1 unspecified atom stereocenters. The minimum atomic E-state index is -0.492. The summed E-state index contributed by atoms with van der Waals surface area (Å²) in [6, 6.07) is 5.49. The third-order valence-corrected chi connectivity index (χ3v) is 5.26. The van der Waals surface area contributed by atoms with Crippen LogP contribution in [0.25, 0.3) is 0 Å². The monoisotopic (exact) mass is 302 g/mol. The van der Waals surface area contributed by atoms with Gasteiger partial charge in [0.2, 0.25) is 0 Å². The Morgan fingerprint density at radius 1 is 1.36 bits per heavy atom. The number of fused-ring (bicyclic) bond motifs is 1. The third kappa shape index (κ3) is 2.44. The van der Waals surface area contributed by atoms with Crippen LogP contribution < -0.4 is 10.8 Å². The molecular weight excluding hydrogens is 280 g/mol. The van der Waals surface area contributed by atoms with Crippen LogP contribution in [0.2, 0.25) is 0 Å². The molecule has 5 nitrogen and oxygen atoms in total. The molecule has 1 fully saturated rings. The Kier molecular flexibility index (Phi) is 4.02. The molecule has 0 aromatic heterocycles. The van der Waals surface area contributed by atoms with Crippen molar-refractivity contribution >= 4 is 11.7 Å². The number of aryl methyl sites for hydroxylation is 1. The molecule has 1 aliphatic heterocycles. The molecule has 1 aromatic carbocycles. The van der Waals surface area contributed by atoms with Crippen molar-refractivity contribution in [2.45, 2.75) is 45.1 Å². The molecule has 5 heteroatoms. The van der Waals surface area contributed by atoms with E-state index in [0.717, 1.165) is 37.8 Å². The van der Waals surface area contributed by atoms with Crippen LogP contribution in [0.3, 0.4) is 0 Å². The number of benzene rings is 1. The van der Waals surface area contributed by atoms with Crippen molar-refractivity contribution in [1.29, 1.82) is 0 Å². The zero-order valence-electron chi connectivity index (χ0n) is 12.8.